The van der Waals surface area contributed by atoms with Gasteiger partial charge in [0.15, 0.2) is 0 Å². The Kier molecular flexibility index (Phi) is 5.64. The van der Waals surface area contributed by atoms with Crippen LogP contribution in [0.4, 0.5) is 11.4 Å². The van der Waals surface area contributed by atoms with E-state index in [1.54, 1.807) is 12.1 Å². The Labute approximate surface area is 144 Å². The zero-order valence-electron chi connectivity index (χ0n) is 12.7. The van der Waals surface area contributed by atoms with Crippen LogP contribution in [0.25, 0.3) is 0 Å². The topological polar surface area (TPSA) is 58.2 Å². The molecule has 0 unspecified atom stereocenters. The maximum atomic E-state index is 12.0. The third-order valence-corrected chi connectivity index (χ3v) is 3.59. The SMILES string of the molecule is Cc1cc(C)cc(NC(=O)CC(=O)Nc2cc(Cl)ccc2Cl)c1. The van der Waals surface area contributed by atoms with Gasteiger partial charge >= 0.3 is 0 Å². The molecule has 0 saturated heterocycles. The Balaban J connectivity index is 1.97. The molecule has 0 aliphatic rings. The van der Waals surface area contributed by atoms with Crippen LogP contribution in [-0.2, 0) is 9.59 Å². The van der Waals surface area contributed by atoms with Crippen LogP contribution in [0.2, 0.25) is 10.0 Å². The molecule has 0 spiro atoms. The smallest absolute Gasteiger partial charge is 0.233 e. The highest BCUT2D eigenvalue weighted by Gasteiger charge is 2.12. The maximum absolute atomic E-state index is 12.0. The third kappa shape index (κ3) is 5.27. The largest absolute Gasteiger partial charge is 0.326 e. The van der Waals surface area contributed by atoms with Gasteiger partial charge in [0.1, 0.15) is 6.42 Å². The first-order valence-corrected chi connectivity index (χ1v) is 7.72. The molecule has 2 aromatic carbocycles. The monoisotopic (exact) mass is 350 g/mol. The number of rotatable bonds is 4. The highest BCUT2D eigenvalue weighted by Crippen LogP contribution is 2.25. The van der Waals surface area contributed by atoms with Crippen LogP contribution in [0, 0.1) is 13.8 Å². The van der Waals surface area contributed by atoms with Gasteiger partial charge in [0, 0.05) is 10.7 Å². The first kappa shape index (κ1) is 17.3. The van der Waals surface area contributed by atoms with Crippen LogP contribution < -0.4 is 10.6 Å². The molecular formula is C17H16Cl2N2O2. The van der Waals surface area contributed by atoms with E-state index in [1.807, 2.05) is 32.0 Å². The number of anilines is 2. The van der Waals surface area contributed by atoms with Gasteiger partial charge in [0.05, 0.1) is 10.7 Å². The number of carbonyl (C=O) groups is 2. The lowest BCUT2D eigenvalue weighted by Gasteiger charge is -2.09. The van der Waals surface area contributed by atoms with Crippen LogP contribution in [-0.4, -0.2) is 11.8 Å². The van der Waals surface area contributed by atoms with Crippen molar-refractivity contribution in [2.45, 2.75) is 20.3 Å². The number of nitrogens with one attached hydrogen (secondary N) is 2. The van der Waals surface area contributed by atoms with Crippen molar-refractivity contribution in [3.05, 3.63) is 57.6 Å². The normalized spacial score (nSPS) is 10.3. The van der Waals surface area contributed by atoms with Gasteiger partial charge < -0.3 is 10.6 Å². The van der Waals surface area contributed by atoms with Gasteiger partial charge in [-0.2, -0.15) is 0 Å². The Morgan fingerprint density at radius 1 is 0.913 bits per heavy atom. The van der Waals surface area contributed by atoms with Gasteiger partial charge in [-0.25, -0.2) is 0 Å². The molecule has 2 rings (SSSR count). The average molecular weight is 351 g/mol. The third-order valence-electron chi connectivity index (χ3n) is 3.03. The number of amides is 2. The van der Waals surface area contributed by atoms with Crippen LogP contribution >= 0.6 is 23.2 Å². The molecule has 120 valence electrons. The molecule has 0 fully saturated rings. The summed E-state index contributed by atoms with van der Waals surface area (Å²) in [5.74, 6) is -0.860. The quantitative estimate of drug-likeness (QED) is 0.793. The second kappa shape index (κ2) is 7.49. The second-order valence-corrected chi connectivity index (χ2v) is 6.12. The number of benzene rings is 2. The predicted molar refractivity (Wildman–Crippen MR) is 94.3 cm³/mol. The fraction of sp³-hybridized carbons (Fsp3) is 0.176. The van der Waals surface area contributed by atoms with E-state index in [9.17, 15) is 9.59 Å². The minimum absolute atomic E-state index is 0.310. The summed E-state index contributed by atoms with van der Waals surface area (Å²) in [6.45, 7) is 3.88. The fourth-order valence-electron chi connectivity index (χ4n) is 2.19. The number of hydrogen-bond acceptors (Lipinski definition) is 2. The van der Waals surface area contributed by atoms with Gasteiger partial charge in [-0.3, -0.25) is 9.59 Å². The second-order valence-electron chi connectivity index (χ2n) is 5.27. The van der Waals surface area contributed by atoms with E-state index in [0.717, 1.165) is 11.1 Å². The van der Waals surface area contributed by atoms with Gasteiger partial charge in [-0.05, 0) is 55.3 Å². The molecule has 0 heterocycles. The first-order chi connectivity index (χ1) is 10.8. The van der Waals surface area contributed by atoms with Crippen LogP contribution in [0.1, 0.15) is 17.5 Å². The molecule has 2 aromatic rings. The lowest BCUT2D eigenvalue weighted by Crippen LogP contribution is -2.21. The van der Waals surface area contributed by atoms with Gasteiger partial charge in [-0.1, -0.05) is 29.3 Å². The summed E-state index contributed by atoms with van der Waals surface area (Å²) >= 11 is 11.8. The summed E-state index contributed by atoms with van der Waals surface area (Å²) in [5.41, 5.74) is 3.12. The summed E-state index contributed by atoms with van der Waals surface area (Å²) in [6.07, 6.45) is -0.310. The number of aryl methyl sites for hydroxylation is 2. The molecule has 0 atom stereocenters. The fourth-order valence-corrected chi connectivity index (χ4v) is 2.52. The average Bonchev–Trinajstić information content (AvgIpc) is 2.41. The molecule has 0 radical (unpaired) electrons. The van der Waals surface area contributed by atoms with Crippen LogP contribution in [0.5, 0.6) is 0 Å². The predicted octanol–water partition coefficient (Wildman–Crippen LogP) is 4.58. The van der Waals surface area contributed by atoms with Crippen LogP contribution in [0.15, 0.2) is 36.4 Å². The van der Waals surface area contributed by atoms with Crippen molar-refractivity contribution >= 4 is 46.4 Å². The first-order valence-electron chi connectivity index (χ1n) is 6.96. The molecule has 0 aliphatic heterocycles. The summed E-state index contributed by atoms with van der Waals surface area (Å²) in [7, 11) is 0. The Bertz CT molecular complexity index is 740. The molecule has 0 bridgehead atoms. The zero-order chi connectivity index (χ0) is 17.0. The Hall–Kier alpha value is -2.04. The number of halogens is 2. The van der Waals surface area contributed by atoms with Crippen LogP contribution in [0.3, 0.4) is 0 Å². The van der Waals surface area contributed by atoms with E-state index in [1.165, 1.54) is 6.07 Å². The summed E-state index contributed by atoms with van der Waals surface area (Å²) in [5, 5.41) is 6.09. The molecule has 4 nitrogen and oxygen atoms in total. The van der Waals surface area contributed by atoms with E-state index in [2.05, 4.69) is 10.6 Å². The molecule has 2 amide bonds. The van der Waals surface area contributed by atoms with E-state index in [4.69, 9.17) is 23.2 Å². The molecule has 0 saturated carbocycles. The van der Waals surface area contributed by atoms with Crippen molar-refractivity contribution in [1.29, 1.82) is 0 Å². The lowest BCUT2D eigenvalue weighted by atomic mass is 10.1. The minimum atomic E-state index is -0.462. The van der Waals surface area contributed by atoms with Crippen molar-refractivity contribution in [1.82, 2.24) is 0 Å². The van der Waals surface area contributed by atoms with E-state index in [0.29, 0.717) is 21.4 Å². The minimum Gasteiger partial charge on any atom is -0.326 e. The van der Waals surface area contributed by atoms with Crippen molar-refractivity contribution in [2.24, 2.45) is 0 Å². The highest BCUT2D eigenvalue weighted by molar-refractivity contribution is 6.35. The lowest BCUT2D eigenvalue weighted by molar-refractivity contribution is -0.123. The molecule has 23 heavy (non-hydrogen) atoms. The molecule has 0 aromatic heterocycles. The van der Waals surface area contributed by atoms with Gasteiger partial charge in [0.2, 0.25) is 11.8 Å². The van der Waals surface area contributed by atoms with E-state index < -0.39 is 11.8 Å². The molecule has 0 aliphatic carbocycles. The van der Waals surface area contributed by atoms with Crippen molar-refractivity contribution < 1.29 is 9.59 Å². The highest BCUT2D eigenvalue weighted by atomic mass is 35.5. The van der Waals surface area contributed by atoms with Crippen molar-refractivity contribution in [2.75, 3.05) is 10.6 Å². The summed E-state index contributed by atoms with van der Waals surface area (Å²) in [6, 6.07) is 10.4. The molecular weight excluding hydrogens is 335 g/mol. The maximum Gasteiger partial charge on any atom is 0.233 e. The Morgan fingerprint density at radius 3 is 2.17 bits per heavy atom. The number of carbonyl (C=O) groups excluding carboxylic acids is 2. The van der Waals surface area contributed by atoms with Crippen molar-refractivity contribution in [3.63, 3.8) is 0 Å². The number of hydrogen-bond donors (Lipinski definition) is 2. The zero-order valence-corrected chi connectivity index (χ0v) is 14.3. The van der Waals surface area contributed by atoms with E-state index >= 15 is 0 Å². The van der Waals surface area contributed by atoms with Gasteiger partial charge in [-0.15, -0.1) is 0 Å². The molecule has 2 N–H and O–H groups in total. The Morgan fingerprint density at radius 2 is 1.52 bits per heavy atom. The molecule has 6 heteroatoms. The van der Waals surface area contributed by atoms with Crippen molar-refractivity contribution in [3.8, 4) is 0 Å². The van der Waals surface area contributed by atoms with E-state index in [-0.39, 0.29) is 6.42 Å². The standard InChI is InChI=1S/C17H16Cl2N2O2/c1-10-5-11(2)7-13(6-10)20-16(22)9-17(23)21-15-8-12(18)3-4-14(15)19/h3-8H,9H2,1-2H3,(H,20,22)(H,21,23). The summed E-state index contributed by atoms with van der Waals surface area (Å²) < 4.78 is 0. The van der Waals surface area contributed by atoms with Gasteiger partial charge in [0.25, 0.3) is 0 Å². The summed E-state index contributed by atoms with van der Waals surface area (Å²) in [4.78, 5) is 23.9.